The van der Waals surface area contributed by atoms with Crippen LogP contribution in [-0.4, -0.2) is 16.0 Å². The normalized spacial score (nSPS) is 13.0. The van der Waals surface area contributed by atoms with E-state index in [-0.39, 0.29) is 29.6 Å². The van der Waals surface area contributed by atoms with E-state index in [2.05, 4.69) is 22.0 Å². The van der Waals surface area contributed by atoms with Gasteiger partial charge in [-0.25, -0.2) is 4.39 Å². The number of hydrogen-bond acceptors (Lipinski definition) is 1. The quantitative estimate of drug-likeness (QED) is 0.722. The van der Waals surface area contributed by atoms with E-state index in [0.717, 1.165) is 22.0 Å². The van der Waals surface area contributed by atoms with Crippen molar-refractivity contribution in [2.24, 2.45) is 7.05 Å². The van der Waals surface area contributed by atoms with Crippen molar-refractivity contribution >= 4 is 16.8 Å². The van der Waals surface area contributed by atoms with Crippen LogP contribution in [0, 0.1) is 5.82 Å². The maximum atomic E-state index is 13.9. The van der Waals surface area contributed by atoms with Gasteiger partial charge >= 0.3 is 0 Å². The maximum Gasteiger partial charge on any atom is 0.221 e. The molecule has 1 unspecified atom stereocenters. The third kappa shape index (κ3) is 3.96. The average Bonchev–Trinajstić information content (AvgIpc) is 2.88. The van der Waals surface area contributed by atoms with Crippen molar-refractivity contribution in [3.63, 3.8) is 0 Å². The molecule has 0 aliphatic rings. The third-order valence-corrected chi connectivity index (χ3v) is 4.46. The second-order valence-electron chi connectivity index (χ2n) is 7.82. The molecule has 1 heterocycles. The molecule has 0 bridgehead atoms. The van der Waals surface area contributed by atoms with E-state index in [1.807, 2.05) is 52.2 Å². The number of aryl methyl sites for hydroxylation is 1. The zero-order chi connectivity index (χ0) is 18.9. The van der Waals surface area contributed by atoms with Crippen LogP contribution in [0.25, 0.3) is 10.9 Å². The molecule has 0 radical (unpaired) electrons. The van der Waals surface area contributed by atoms with Gasteiger partial charge in [-0.1, -0.05) is 30.3 Å². The summed E-state index contributed by atoms with van der Waals surface area (Å²) in [6.07, 6.45) is 2.32. The van der Waals surface area contributed by atoms with Crippen molar-refractivity contribution < 1.29 is 9.18 Å². The number of benzene rings is 2. The molecular weight excluding hydrogens is 327 g/mol. The summed E-state index contributed by atoms with van der Waals surface area (Å²) >= 11 is 0. The molecule has 0 fully saturated rings. The lowest BCUT2D eigenvalue weighted by atomic mass is 9.87. The van der Waals surface area contributed by atoms with E-state index in [9.17, 15) is 9.18 Å². The number of nitrogens with one attached hydrogen (secondary N) is 1. The minimum Gasteiger partial charge on any atom is -0.351 e. The van der Waals surface area contributed by atoms with Gasteiger partial charge in [0, 0.05) is 42.0 Å². The van der Waals surface area contributed by atoms with Crippen molar-refractivity contribution in [1.82, 2.24) is 9.88 Å². The van der Waals surface area contributed by atoms with Crippen molar-refractivity contribution in [1.29, 1.82) is 0 Å². The van der Waals surface area contributed by atoms with Crippen molar-refractivity contribution in [2.45, 2.75) is 38.6 Å². The van der Waals surface area contributed by atoms with Gasteiger partial charge in [0.05, 0.1) is 0 Å². The number of carbonyl (C=O) groups excluding carboxylic acids is 1. The van der Waals surface area contributed by atoms with Crippen molar-refractivity contribution in [2.75, 3.05) is 0 Å². The molecule has 0 aliphatic heterocycles. The smallest absolute Gasteiger partial charge is 0.221 e. The summed E-state index contributed by atoms with van der Waals surface area (Å²) < 4.78 is 15.9. The molecule has 4 heteroatoms. The molecule has 3 rings (SSSR count). The van der Waals surface area contributed by atoms with Gasteiger partial charge in [0.25, 0.3) is 0 Å². The molecule has 1 amide bonds. The number of halogens is 1. The Balaban J connectivity index is 2.07. The predicted molar refractivity (Wildman–Crippen MR) is 104 cm³/mol. The summed E-state index contributed by atoms with van der Waals surface area (Å²) in [5, 5.41) is 4.11. The SMILES string of the molecule is Cn1cc(C(CC(=O)NC(C)(C)C)c2cccc(F)c2)c2ccccc21. The van der Waals surface area contributed by atoms with Gasteiger partial charge in [-0.3, -0.25) is 4.79 Å². The summed E-state index contributed by atoms with van der Waals surface area (Å²) in [5.74, 6) is -0.539. The van der Waals surface area contributed by atoms with Crippen LogP contribution in [0.4, 0.5) is 4.39 Å². The van der Waals surface area contributed by atoms with Crippen molar-refractivity contribution in [3.8, 4) is 0 Å². The summed E-state index contributed by atoms with van der Waals surface area (Å²) in [6.45, 7) is 5.88. The van der Waals surface area contributed by atoms with Gasteiger partial charge in [-0.05, 0) is 50.1 Å². The molecule has 0 spiro atoms. The minimum atomic E-state index is -0.303. The van der Waals surface area contributed by atoms with Crippen LogP contribution in [0.3, 0.4) is 0 Å². The molecular formula is C22H25FN2O. The molecule has 26 heavy (non-hydrogen) atoms. The molecule has 0 saturated carbocycles. The second kappa shape index (κ2) is 6.94. The van der Waals surface area contributed by atoms with E-state index >= 15 is 0 Å². The Hall–Kier alpha value is -2.62. The van der Waals surface area contributed by atoms with E-state index in [1.54, 1.807) is 6.07 Å². The highest BCUT2D eigenvalue weighted by Gasteiger charge is 2.24. The highest BCUT2D eigenvalue weighted by atomic mass is 19.1. The predicted octanol–water partition coefficient (Wildman–Crippen LogP) is 4.75. The lowest BCUT2D eigenvalue weighted by Gasteiger charge is -2.23. The number of para-hydroxylation sites is 1. The standard InChI is InChI=1S/C22H25FN2O/c1-22(2,3)24-21(26)13-18(15-8-7-9-16(23)12-15)19-14-25(4)20-11-6-5-10-17(19)20/h5-12,14,18H,13H2,1-4H3,(H,24,26). The zero-order valence-corrected chi connectivity index (χ0v) is 15.7. The number of carbonyl (C=O) groups is 1. The average molecular weight is 352 g/mol. The van der Waals surface area contributed by atoms with Gasteiger partial charge in [0.1, 0.15) is 5.82 Å². The summed E-state index contributed by atoms with van der Waals surface area (Å²) in [7, 11) is 1.99. The number of aromatic nitrogens is 1. The minimum absolute atomic E-state index is 0.0419. The van der Waals surface area contributed by atoms with Gasteiger partial charge < -0.3 is 9.88 Å². The van der Waals surface area contributed by atoms with Crippen LogP contribution >= 0.6 is 0 Å². The molecule has 0 aliphatic carbocycles. The molecule has 3 aromatic rings. The highest BCUT2D eigenvalue weighted by molar-refractivity contribution is 5.86. The summed E-state index contributed by atoms with van der Waals surface area (Å²) in [6, 6.07) is 14.6. The maximum absolute atomic E-state index is 13.9. The van der Waals surface area contributed by atoms with Crippen molar-refractivity contribution in [3.05, 3.63) is 71.7 Å². The van der Waals surface area contributed by atoms with E-state index in [4.69, 9.17) is 0 Å². The van der Waals surface area contributed by atoms with Crippen LogP contribution in [0.2, 0.25) is 0 Å². The molecule has 0 saturated heterocycles. The number of fused-ring (bicyclic) bond motifs is 1. The van der Waals surface area contributed by atoms with Crippen LogP contribution in [-0.2, 0) is 11.8 Å². The number of amides is 1. The molecule has 3 nitrogen and oxygen atoms in total. The first-order valence-electron chi connectivity index (χ1n) is 8.85. The zero-order valence-electron chi connectivity index (χ0n) is 15.7. The van der Waals surface area contributed by atoms with Gasteiger partial charge in [-0.2, -0.15) is 0 Å². The fourth-order valence-electron chi connectivity index (χ4n) is 3.44. The third-order valence-electron chi connectivity index (χ3n) is 4.46. The van der Waals surface area contributed by atoms with Crippen LogP contribution in [0.5, 0.6) is 0 Å². The molecule has 1 atom stereocenters. The van der Waals surface area contributed by atoms with Gasteiger partial charge in [-0.15, -0.1) is 0 Å². The van der Waals surface area contributed by atoms with Gasteiger partial charge in [0.15, 0.2) is 0 Å². The Kier molecular flexibility index (Phi) is 4.86. The Morgan fingerprint density at radius 1 is 1.15 bits per heavy atom. The van der Waals surface area contributed by atoms with Crippen LogP contribution in [0.1, 0.15) is 44.2 Å². The lowest BCUT2D eigenvalue weighted by molar-refractivity contribution is -0.122. The number of rotatable bonds is 4. The fraction of sp³-hybridized carbons (Fsp3) is 0.318. The molecule has 2 aromatic carbocycles. The van der Waals surface area contributed by atoms with E-state index < -0.39 is 0 Å². The Morgan fingerprint density at radius 3 is 2.58 bits per heavy atom. The van der Waals surface area contributed by atoms with E-state index in [1.165, 1.54) is 12.1 Å². The Morgan fingerprint density at radius 2 is 1.88 bits per heavy atom. The fourth-order valence-corrected chi connectivity index (χ4v) is 3.44. The summed E-state index contributed by atoms with van der Waals surface area (Å²) in [4.78, 5) is 12.6. The second-order valence-corrected chi connectivity index (χ2v) is 7.82. The topological polar surface area (TPSA) is 34.0 Å². The molecule has 1 N–H and O–H groups in total. The van der Waals surface area contributed by atoms with Gasteiger partial charge in [0.2, 0.25) is 5.91 Å². The largest absolute Gasteiger partial charge is 0.351 e. The monoisotopic (exact) mass is 352 g/mol. The first-order chi connectivity index (χ1) is 12.2. The lowest BCUT2D eigenvalue weighted by Crippen LogP contribution is -2.41. The molecule has 136 valence electrons. The van der Waals surface area contributed by atoms with Crippen LogP contribution in [0.15, 0.2) is 54.7 Å². The summed E-state index contributed by atoms with van der Waals surface area (Å²) in [5.41, 5.74) is 2.64. The van der Waals surface area contributed by atoms with E-state index in [0.29, 0.717) is 0 Å². The number of nitrogens with zero attached hydrogens (tertiary/aromatic N) is 1. The highest BCUT2D eigenvalue weighted by Crippen LogP contribution is 2.34. The van der Waals surface area contributed by atoms with Crippen LogP contribution < -0.4 is 5.32 Å². The Labute approximate surface area is 153 Å². The first-order valence-corrected chi connectivity index (χ1v) is 8.85. The molecule has 1 aromatic heterocycles. The Bertz CT molecular complexity index is 937. The first kappa shape index (κ1) is 18.2. The number of hydrogen-bond donors (Lipinski definition) is 1.